The Labute approximate surface area is 156 Å². The summed E-state index contributed by atoms with van der Waals surface area (Å²) >= 11 is 1.26. The van der Waals surface area contributed by atoms with Gasteiger partial charge in [0.15, 0.2) is 5.16 Å². The molecule has 2 aromatic heterocycles. The Balaban J connectivity index is 1.73. The first-order valence-corrected chi connectivity index (χ1v) is 9.26. The third kappa shape index (κ3) is 3.87. The molecule has 26 heavy (non-hydrogen) atoms. The van der Waals surface area contributed by atoms with Crippen LogP contribution in [0.5, 0.6) is 0 Å². The van der Waals surface area contributed by atoms with Gasteiger partial charge >= 0.3 is 0 Å². The molecule has 0 spiro atoms. The number of carbonyl (C=O) groups excluding carboxylic acids is 1. The number of amides is 1. The molecule has 0 aromatic carbocycles. The molecule has 0 saturated heterocycles. The molecular weight excluding hydrogens is 352 g/mol. The van der Waals surface area contributed by atoms with Crippen molar-refractivity contribution in [2.45, 2.75) is 37.2 Å². The first-order chi connectivity index (χ1) is 12.3. The van der Waals surface area contributed by atoms with E-state index in [2.05, 4.69) is 19.9 Å². The zero-order chi connectivity index (χ0) is 18.8. The minimum atomic E-state index is -0.350. The van der Waals surface area contributed by atoms with Crippen molar-refractivity contribution in [3.05, 3.63) is 39.7 Å². The second-order valence-electron chi connectivity index (χ2n) is 6.48. The number of H-pyrrole nitrogens is 1. The highest BCUT2D eigenvalue weighted by Gasteiger charge is 2.28. The molecule has 1 aliphatic rings. The van der Waals surface area contributed by atoms with E-state index in [1.165, 1.54) is 17.8 Å². The highest BCUT2D eigenvalue weighted by atomic mass is 32.2. The fourth-order valence-corrected chi connectivity index (χ4v) is 3.93. The van der Waals surface area contributed by atoms with Crippen LogP contribution in [0.3, 0.4) is 0 Å². The van der Waals surface area contributed by atoms with Crippen molar-refractivity contribution < 1.29 is 4.79 Å². The molecular formula is C17H22N6O2S. The highest BCUT2D eigenvalue weighted by Crippen LogP contribution is 2.27. The van der Waals surface area contributed by atoms with Gasteiger partial charge in [0, 0.05) is 38.0 Å². The topological polar surface area (TPSA) is 95.1 Å². The van der Waals surface area contributed by atoms with Crippen LogP contribution in [0.15, 0.2) is 22.3 Å². The zero-order valence-electron chi connectivity index (χ0n) is 15.3. The highest BCUT2D eigenvalue weighted by molar-refractivity contribution is 8.00. The van der Waals surface area contributed by atoms with Gasteiger partial charge in [0.2, 0.25) is 5.91 Å². The quantitative estimate of drug-likeness (QED) is 0.630. The van der Waals surface area contributed by atoms with Crippen LogP contribution in [0, 0.1) is 6.92 Å². The molecule has 0 unspecified atom stereocenters. The van der Waals surface area contributed by atoms with Crippen LogP contribution in [0.1, 0.15) is 23.9 Å². The molecule has 1 atom stereocenters. The third-order valence-corrected chi connectivity index (χ3v) is 5.18. The number of hydrogen-bond donors (Lipinski definition) is 1. The first-order valence-electron chi connectivity index (χ1n) is 8.38. The number of nitrogens with one attached hydrogen (secondary N) is 1. The maximum atomic E-state index is 12.8. The number of thioether (sulfide) groups is 1. The third-order valence-electron chi connectivity index (χ3n) is 4.20. The Morgan fingerprint density at radius 3 is 2.85 bits per heavy atom. The average molecular weight is 374 g/mol. The van der Waals surface area contributed by atoms with E-state index in [4.69, 9.17) is 0 Å². The molecule has 9 heteroatoms. The second kappa shape index (κ2) is 7.45. The Kier molecular flexibility index (Phi) is 5.26. The van der Waals surface area contributed by atoms with Crippen LogP contribution in [-0.4, -0.2) is 56.6 Å². The maximum Gasteiger partial charge on any atom is 0.251 e. The molecule has 1 N–H and O–H groups in total. The second-order valence-corrected chi connectivity index (χ2v) is 7.81. The van der Waals surface area contributed by atoms with E-state index in [1.807, 2.05) is 25.9 Å². The summed E-state index contributed by atoms with van der Waals surface area (Å²) in [5.74, 6) is 0.917. The number of fused-ring (bicyclic) bond motifs is 1. The van der Waals surface area contributed by atoms with Crippen LogP contribution in [0.2, 0.25) is 0 Å². The summed E-state index contributed by atoms with van der Waals surface area (Å²) in [6, 6.07) is 1.43. The molecule has 138 valence electrons. The largest absolute Gasteiger partial charge is 0.362 e. The average Bonchev–Trinajstić information content (AvgIpc) is 2.58. The molecule has 0 aliphatic carbocycles. The van der Waals surface area contributed by atoms with Crippen LogP contribution in [-0.2, 0) is 17.8 Å². The molecule has 3 heterocycles. The number of aromatic nitrogens is 4. The van der Waals surface area contributed by atoms with E-state index >= 15 is 0 Å². The fraction of sp³-hybridized carbons (Fsp3) is 0.471. The Morgan fingerprint density at radius 1 is 1.38 bits per heavy atom. The van der Waals surface area contributed by atoms with E-state index in [0.29, 0.717) is 23.9 Å². The number of carbonyl (C=O) groups is 1. The number of nitrogens with zero attached hydrogens (tertiary/aromatic N) is 5. The predicted octanol–water partition coefficient (Wildman–Crippen LogP) is 1.000. The van der Waals surface area contributed by atoms with Crippen molar-refractivity contribution in [3.63, 3.8) is 0 Å². The molecule has 8 nitrogen and oxygen atoms in total. The van der Waals surface area contributed by atoms with Gasteiger partial charge in [0.05, 0.1) is 17.5 Å². The van der Waals surface area contributed by atoms with Crippen molar-refractivity contribution in [3.8, 4) is 0 Å². The van der Waals surface area contributed by atoms with Gasteiger partial charge in [-0.3, -0.25) is 9.59 Å². The van der Waals surface area contributed by atoms with Crippen molar-refractivity contribution in [2.75, 3.05) is 25.5 Å². The van der Waals surface area contributed by atoms with Gasteiger partial charge in [-0.1, -0.05) is 11.8 Å². The number of aromatic amines is 1. The standard InChI is InChI=1S/C17H22N6O2S/c1-10-7-14(24)21-17(20-10)26-11(2)16(25)23-6-5-12-13(8-23)18-9-19-15(12)22(3)4/h7,9,11H,5-6,8H2,1-4H3,(H,20,21,24)/t11-/m0/s1. The van der Waals surface area contributed by atoms with Crippen LogP contribution < -0.4 is 10.5 Å². The molecule has 0 saturated carbocycles. The molecule has 1 amide bonds. The van der Waals surface area contributed by atoms with Crippen molar-refractivity contribution in [2.24, 2.45) is 0 Å². The first kappa shape index (κ1) is 18.4. The number of aryl methyl sites for hydroxylation is 1. The number of hydrogen-bond acceptors (Lipinski definition) is 7. The molecule has 2 aromatic rings. The number of rotatable bonds is 4. The number of anilines is 1. The van der Waals surface area contributed by atoms with E-state index < -0.39 is 0 Å². The molecule has 0 fully saturated rings. The van der Waals surface area contributed by atoms with Crippen molar-refractivity contribution >= 4 is 23.5 Å². The summed E-state index contributed by atoms with van der Waals surface area (Å²) in [6.07, 6.45) is 2.27. The predicted molar refractivity (Wildman–Crippen MR) is 100 cm³/mol. The van der Waals surface area contributed by atoms with Crippen LogP contribution >= 0.6 is 11.8 Å². The molecule has 0 bridgehead atoms. The molecule has 1 aliphatic heterocycles. The minimum absolute atomic E-state index is 0.00909. The zero-order valence-corrected chi connectivity index (χ0v) is 16.1. The Bertz CT molecular complexity index is 882. The Morgan fingerprint density at radius 2 is 2.15 bits per heavy atom. The summed E-state index contributed by atoms with van der Waals surface area (Å²) in [5, 5.41) is 0.113. The summed E-state index contributed by atoms with van der Waals surface area (Å²) in [7, 11) is 3.91. The van der Waals surface area contributed by atoms with Gasteiger partial charge in [-0.25, -0.2) is 15.0 Å². The van der Waals surface area contributed by atoms with Crippen LogP contribution in [0.25, 0.3) is 0 Å². The summed E-state index contributed by atoms with van der Waals surface area (Å²) in [5.41, 5.74) is 2.42. The smallest absolute Gasteiger partial charge is 0.251 e. The van der Waals surface area contributed by atoms with E-state index in [-0.39, 0.29) is 16.7 Å². The molecule has 0 radical (unpaired) electrons. The maximum absolute atomic E-state index is 12.8. The minimum Gasteiger partial charge on any atom is -0.362 e. The lowest BCUT2D eigenvalue weighted by Crippen LogP contribution is -2.41. The van der Waals surface area contributed by atoms with E-state index in [0.717, 1.165) is 23.5 Å². The monoisotopic (exact) mass is 374 g/mol. The Hall–Kier alpha value is -2.42. The lowest BCUT2D eigenvalue weighted by molar-refractivity contribution is -0.131. The van der Waals surface area contributed by atoms with E-state index in [1.54, 1.807) is 18.2 Å². The van der Waals surface area contributed by atoms with Crippen molar-refractivity contribution in [1.82, 2.24) is 24.8 Å². The van der Waals surface area contributed by atoms with Gasteiger partial charge in [-0.2, -0.15) is 0 Å². The SMILES string of the molecule is Cc1cc(=O)[nH]c(S[C@@H](C)C(=O)N2CCc3c(ncnc3N(C)C)C2)n1. The lowest BCUT2D eigenvalue weighted by atomic mass is 10.0. The van der Waals surface area contributed by atoms with Gasteiger partial charge in [0.25, 0.3) is 5.56 Å². The fourth-order valence-electron chi connectivity index (χ4n) is 2.99. The summed E-state index contributed by atoms with van der Waals surface area (Å²) < 4.78 is 0. The summed E-state index contributed by atoms with van der Waals surface area (Å²) in [4.78, 5) is 43.8. The van der Waals surface area contributed by atoms with E-state index in [9.17, 15) is 9.59 Å². The van der Waals surface area contributed by atoms with Gasteiger partial charge in [-0.15, -0.1) is 0 Å². The normalized spacial score (nSPS) is 14.7. The van der Waals surface area contributed by atoms with Crippen LogP contribution in [0.4, 0.5) is 5.82 Å². The molecule has 3 rings (SSSR count). The summed E-state index contributed by atoms with van der Waals surface area (Å²) in [6.45, 7) is 4.69. The van der Waals surface area contributed by atoms with Gasteiger partial charge in [-0.05, 0) is 20.3 Å². The van der Waals surface area contributed by atoms with Gasteiger partial charge < -0.3 is 14.8 Å². The van der Waals surface area contributed by atoms with Gasteiger partial charge in [0.1, 0.15) is 12.1 Å². The lowest BCUT2D eigenvalue weighted by Gasteiger charge is -2.31. The van der Waals surface area contributed by atoms with Crippen molar-refractivity contribution in [1.29, 1.82) is 0 Å².